The van der Waals surface area contributed by atoms with E-state index in [2.05, 4.69) is 33.0 Å². The zero-order valence-corrected chi connectivity index (χ0v) is 15.0. The Hall–Kier alpha value is -0.0800. The van der Waals surface area contributed by atoms with Gasteiger partial charge in [0, 0.05) is 18.7 Å². The first kappa shape index (κ1) is 19.0. The molecule has 126 valence electrons. The first-order valence-corrected chi connectivity index (χ1v) is 9.39. The average molecular weight is 298 g/mol. The first-order chi connectivity index (χ1) is 10.0. The van der Waals surface area contributed by atoms with Crippen LogP contribution in [0.25, 0.3) is 0 Å². The molecule has 21 heavy (non-hydrogen) atoms. The zero-order valence-electron chi connectivity index (χ0n) is 15.0. The van der Waals surface area contributed by atoms with Gasteiger partial charge in [-0.05, 0) is 46.0 Å². The minimum atomic E-state index is 0.223. The second kappa shape index (κ2) is 10.6. The summed E-state index contributed by atoms with van der Waals surface area (Å²) in [6.45, 7) is 11.1. The molecule has 1 rings (SSSR count). The third-order valence-electron chi connectivity index (χ3n) is 4.56. The molecule has 0 amide bonds. The van der Waals surface area contributed by atoms with Crippen molar-refractivity contribution in [3.05, 3.63) is 0 Å². The van der Waals surface area contributed by atoms with Crippen LogP contribution in [0.3, 0.4) is 0 Å². The highest BCUT2D eigenvalue weighted by Gasteiger charge is 2.26. The van der Waals surface area contributed by atoms with Crippen LogP contribution in [-0.2, 0) is 4.74 Å². The maximum Gasteiger partial charge on any atom is 0.0615 e. The normalized spacial score (nSPS) is 23.4. The Kier molecular flexibility index (Phi) is 9.59. The molecule has 2 heteroatoms. The van der Waals surface area contributed by atoms with Gasteiger partial charge in [0.1, 0.15) is 0 Å². The summed E-state index contributed by atoms with van der Waals surface area (Å²) >= 11 is 0. The molecule has 2 unspecified atom stereocenters. The Morgan fingerprint density at radius 2 is 1.67 bits per heavy atom. The summed E-state index contributed by atoms with van der Waals surface area (Å²) in [7, 11) is 0. The van der Waals surface area contributed by atoms with Crippen molar-refractivity contribution < 1.29 is 4.74 Å². The van der Waals surface area contributed by atoms with Crippen molar-refractivity contribution in [3.8, 4) is 0 Å². The smallest absolute Gasteiger partial charge is 0.0615 e. The number of rotatable bonds is 10. The summed E-state index contributed by atoms with van der Waals surface area (Å²) < 4.78 is 6.06. The lowest BCUT2D eigenvalue weighted by Crippen LogP contribution is -2.44. The molecule has 0 aromatic rings. The molecule has 1 saturated heterocycles. The molecule has 0 radical (unpaired) electrons. The Balaban J connectivity index is 2.14. The molecule has 1 fully saturated rings. The molecule has 0 bridgehead atoms. The van der Waals surface area contributed by atoms with Crippen molar-refractivity contribution in [2.75, 3.05) is 13.2 Å². The third-order valence-corrected chi connectivity index (χ3v) is 4.56. The van der Waals surface area contributed by atoms with Gasteiger partial charge in [-0.3, -0.25) is 0 Å². The predicted molar refractivity (Wildman–Crippen MR) is 92.8 cm³/mol. The molecule has 1 N–H and O–H groups in total. The van der Waals surface area contributed by atoms with Gasteiger partial charge in [0.05, 0.1) is 6.10 Å². The van der Waals surface area contributed by atoms with E-state index in [1.54, 1.807) is 0 Å². The summed E-state index contributed by atoms with van der Waals surface area (Å²) in [6.07, 6.45) is 14.1. The Morgan fingerprint density at radius 1 is 1.00 bits per heavy atom. The maximum atomic E-state index is 6.06. The highest BCUT2D eigenvalue weighted by Crippen LogP contribution is 2.25. The van der Waals surface area contributed by atoms with E-state index in [9.17, 15) is 0 Å². The van der Waals surface area contributed by atoms with Crippen molar-refractivity contribution >= 4 is 0 Å². The van der Waals surface area contributed by atoms with Gasteiger partial charge < -0.3 is 10.1 Å². The Labute approximate surface area is 133 Å². The quantitative estimate of drug-likeness (QED) is 0.552. The molecule has 0 spiro atoms. The summed E-state index contributed by atoms with van der Waals surface area (Å²) in [5, 5.41) is 3.67. The average Bonchev–Trinajstić information content (AvgIpc) is 2.44. The van der Waals surface area contributed by atoms with Crippen LogP contribution in [0, 0.1) is 5.92 Å². The van der Waals surface area contributed by atoms with Gasteiger partial charge in [0.25, 0.3) is 0 Å². The van der Waals surface area contributed by atoms with Crippen LogP contribution in [0.5, 0.6) is 0 Å². The molecule has 0 aromatic carbocycles. The van der Waals surface area contributed by atoms with Gasteiger partial charge in [-0.2, -0.15) is 0 Å². The summed E-state index contributed by atoms with van der Waals surface area (Å²) in [4.78, 5) is 0. The largest absolute Gasteiger partial charge is 0.378 e. The van der Waals surface area contributed by atoms with Crippen LogP contribution in [-0.4, -0.2) is 24.8 Å². The number of ether oxygens (including phenoxy) is 1. The van der Waals surface area contributed by atoms with Crippen molar-refractivity contribution in [1.29, 1.82) is 0 Å². The van der Waals surface area contributed by atoms with Gasteiger partial charge in [-0.25, -0.2) is 0 Å². The molecule has 0 aromatic heterocycles. The molecular weight excluding hydrogens is 258 g/mol. The van der Waals surface area contributed by atoms with Gasteiger partial charge in [0.15, 0.2) is 0 Å². The van der Waals surface area contributed by atoms with Gasteiger partial charge in [-0.15, -0.1) is 0 Å². The van der Waals surface area contributed by atoms with E-state index in [0.717, 1.165) is 19.1 Å². The second-order valence-electron chi connectivity index (χ2n) is 7.85. The van der Waals surface area contributed by atoms with Crippen molar-refractivity contribution in [3.63, 3.8) is 0 Å². The fourth-order valence-electron chi connectivity index (χ4n) is 3.19. The molecule has 0 saturated carbocycles. The molecule has 1 aliphatic rings. The summed E-state index contributed by atoms with van der Waals surface area (Å²) in [5.74, 6) is 0.720. The van der Waals surface area contributed by atoms with Crippen molar-refractivity contribution in [1.82, 2.24) is 5.32 Å². The van der Waals surface area contributed by atoms with E-state index in [4.69, 9.17) is 4.74 Å². The SMILES string of the molecule is CCCCCCCCCC1OCCCC1CNC(C)(C)C. The van der Waals surface area contributed by atoms with Crippen LogP contribution >= 0.6 is 0 Å². The number of hydrogen-bond donors (Lipinski definition) is 1. The highest BCUT2D eigenvalue weighted by atomic mass is 16.5. The topological polar surface area (TPSA) is 21.3 Å². The molecular formula is C19H39NO. The van der Waals surface area contributed by atoms with E-state index < -0.39 is 0 Å². The first-order valence-electron chi connectivity index (χ1n) is 9.39. The van der Waals surface area contributed by atoms with E-state index in [1.807, 2.05) is 0 Å². The lowest BCUT2D eigenvalue weighted by molar-refractivity contribution is -0.0327. The second-order valence-corrected chi connectivity index (χ2v) is 7.85. The monoisotopic (exact) mass is 297 g/mol. The minimum Gasteiger partial charge on any atom is -0.378 e. The van der Waals surface area contributed by atoms with Crippen molar-refractivity contribution in [2.45, 2.75) is 104 Å². The van der Waals surface area contributed by atoms with E-state index in [-0.39, 0.29) is 5.54 Å². The van der Waals surface area contributed by atoms with E-state index in [0.29, 0.717) is 6.10 Å². The van der Waals surface area contributed by atoms with Crippen LogP contribution < -0.4 is 5.32 Å². The number of hydrogen-bond acceptors (Lipinski definition) is 2. The zero-order chi connectivity index (χ0) is 15.6. The Bertz CT molecular complexity index is 246. The van der Waals surface area contributed by atoms with Crippen LogP contribution in [0.4, 0.5) is 0 Å². The molecule has 1 aliphatic heterocycles. The lowest BCUT2D eigenvalue weighted by atomic mass is 9.89. The van der Waals surface area contributed by atoms with Crippen molar-refractivity contribution in [2.24, 2.45) is 5.92 Å². The minimum absolute atomic E-state index is 0.223. The van der Waals surface area contributed by atoms with E-state index >= 15 is 0 Å². The predicted octanol–water partition coefficient (Wildman–Crippen LogP) is 5.31. The van der Waals surface area contributed by atoms with Crippen LogP contribution in [0.1, 0.15) is 91.9 Å². The van der Waals surface area contributed by atoms with E-state index in [1.165, 1.54) is 64.2 Å². The Morgan fingerprint density at radius 3 is 2.33 bits per heavy atom. The summed E-state index contributed by atoms with van der Waals surface area (Å²) in [5.41, 5.74) is 0.223. The number of unbranched alkanes of at least 4 members (excludes halogenated alkanes) is 6. The number of nitrogens with one attached hydrogen (secondary N) is 1. The third kappa shape index (κ3) is 9.52. The van der Waals surface area contributed by atoms with Gasteiger partial charge in [-0.1, -0.05) is 51.9 Å². The van der Waals surface area contributed by atoms with Crippen LogP contribution in [0.15, 0.2) is 0 Å². The molecule has 0 aliphatic carbocycles. The molecule has 2 atom stereocenters. The fourth-order valence-corrected chi connectivity index (χ4v) is 3.19. The van der Waals surface area contributed by atoms with Gasteiger partial charge in [0.2, 0.25) is 0 Å². The highest BCUT2D eigenvalue weighted by molar-refractivity contribution is 4.80. The summed E-state index contributed by atoms with van der Waals surface area (Å²) in [6, 6.07) is 0. The van der Waals surface area contributed by atoms with Crippen LogP contribution in [0.2, 0.25) is 0 Å². The standard InChI is InChI=1S/C19H39NO/c1-5-6-7-8-9-10-11-14-18-17(13-12-15-21-18)16-20-19(2,3)4/h17-18,20H,5-16H2,1-4H3. The molecule has 1 heterocycles. The molecule has 2 nitrogen and oxygen atoms in total. The lowest BCUT2D eigenvalue weighted by Gasteiger charge is -2.34. The fraction of sp³-hybridized carbons (Fsp3) is 1.00. The maximum absolute atomic E-state index is 6.06. The van der Waals surface area contributed by atoms with Gasteiger partial charge >= 0.3 is 0 Å².